The maximum absolute atomic E-state index is 12.1. The minimum Gasteiger partial charge on any atom is -0.325 e. The largest absolute Gasteiger partial charge is 0.325 e. The summed E-state index contributed by atoms with van der Waals surface area (Å²) in [7, 11) is 1.78. The SMILES string of the molecule is CN(CC(=O)Nc1cccc([N+](=O)[O-])c1)Cc1ccc(Cl)cc1Cl. The third-order valence-corrected chi connectivity index (χ3v) is 3.80. The molecule has 2 aromatic rings. The van der Waals surface area contributed by atoms with E-state index in [1.54, 1.807) is 36.2 Å². The summed E-state index contributed by atoms with van der Waals surface area (Å²) in [6.07, 6.45) is 0. The second-order valence-corrected chi connectivity index (χ2v) is 6.11. The highest BCUT2D eigenvalue weighted by atomic mass is 35.5. The fourth-order valence-electron chi connectivity index (χ4n) is 2.14. The quantitative estimate of drug-likeness (QED) is 0.618. The number of carbonyl (C=O) groups is 1. The summed E-state index contributed by atoms with van der Waals surface area (Å²) < 4.78 is 0. The molecule has 0 unspecified atom stereocenters. The van der Waals surface area contributed by atoms with Crippen LogP contribution in [0.25, 0.3) is 0 Å². The summed E-state index contributed by atoms with van der Waals surface area (Å²) in [5.74, 6) is -0.275. The van der Waals surface area contributed by atoms with Gasteiger partial charge in [-0.05, 0) is 30.8 Å². The first-order valence-corrected chi connectivity index (χ1v) is 7.77. The molecule has 2 aromatic carbocycles. The van der Waals surface area contributed by atoms with E-state index < -0.39 is 4.92 Å². The first-order valence-electron chi connectivity index (χ1n) is 7.02. The predicted octanol–water partition coefficient (Wildman–Crippen LogP) is 3.97. The molecule has 0 fully saturated rings. The van der Waals surface area contributed by atoms with Gasteiger partial charge in [0.05, 0.1) is 11.5 Å². The van der Waals surface area contributed by atoms with Gasteiger partial charge in [-0.3, -0.25) is 19.8 Å². The molecule has 1 amide bonds. The number of benzene rings is 2. The monoisotopic (exact) mass is 367 g/mol. The van der Waals surface area contributed by atoms with Gasteiger partial charge in [0.1, 0.15) is 0 Å². The molecule has 8 heteroatoms. The zero-order valence-electron chi connectivity index (χ0n) is 12.8. The zero-order valence-corrected chi connectivity index (χ0v) is 14.3. The van der Waals surface area contributed by atoms with Crippen molar-refractivity contribution < 1.29 is 9.72 Å². The van der Waals surface area contributed by atoms with Crippen molar-refractivity contribution in [3.63, 3.8) is 0 Å². The number of nitrogens with one attached hydrogen (secondary N) is 1. The number of carbonyl (C=O) groups excluding carboxylic acids is 1. The molecule has 0 saturated heterocycles. The van der Waals surface area contributed by atoms with Crippen molar-refractivity contribution in [2.24, 2.45) is 0 Å². The summed E-state index contributed by atoms with van der Waals surface area (Å²) in [6, 6.07) is 11.0. The minimum absolute atomic E-state index is 0.0749. The molecule has 0 bridgehead atoms. The first kappa shape index (κ1) is 18.2. The Kier molecular flexibility index (Phi) is 6.14. The molecule has 1 N–H and O–H groups in total. The van der Waals surface area contributed by atoms with Gasteiger partial charge in [0, 0.05) is 34.4 Å². The van der Waals surface area contributed by atoms with Crippen molar-refractivity contribution >= 4 is 40.5 Å². The van der Waals surface area contributed by atoms with Crippen molar-refractivity contribution in [2.45, 2.75) is 6.54 Å². The summed E-state index contributed by atoms with van der Waals surface area (Å²) in [4.78, 5) is 24.1. The molecule has 0 heterocycles. The number of hydrogen-bond acceptors (Lipinski definition) is 4. The lowest BCUT2D eigenvalue weighted by atomic mass is 10.2. The van der Waals surface area contributed by atoms with Crippen LogP contribution in [-0.2, 0) is 11.3 Å². The second kappa shape index (κ2) is 8.10. The van der Waals surface area contributed by atoms with Crippen LogP contribution in [0.15, 0.2) is 42.5 Å². The molecule has 24 heavy (non-hydrogen) atoms. The number of hydrogen-bond donors (Lipinski definition) is 1. The Hall–Kier alpha value is -2.15. The number of nitrogens with zero attached hydrogens (tertiary/aromatic N) is 2. The van der Waals surface area contributed by atoms with Crippen LogP contribution in [0.3, 0.4) is 0 Å². The number of non-ortho nitro benzene ring substituents is 1. The molecule has 0 atom stereocenters. The Labute approximate surface area is 149 Å². The van der Waals surface area contributed by atoms with Crippen LogP contribution < -0.4 is 5.32 Å². The highest BCUT2D eigenvalue weighted by Gasteiger charge is 2.11. The molecular formula is C16H15Cl2N3O3. The Morgan fingerprint density at radius 2 is 2.00 bits per heavy atom. The Morgan fingerprint density at radius 1 is 1.25 bits per heavy atom. The van der Waals surface area contributed by atoms with Crippen LogP contribution >= 0.6 is 23.2 Å². The maximum Gasteiger partial charge on any atom is 0.271 e. The molecule has 0 radical (unpaired) electrons. The van der Waals surface area contributed by atoms with Gasteiger partial charge in [0.15, 0.2) is 0 Å². The standard InChI is InChI=1S/C16H15Cl2N3O3/c1-20(9-11-5-6-12(17)7-15(11)18)10-16(22)19-13-3-2-4-14(8-13)21(23)24/h2-8H,9-10H2,1H3,(H,19,22). The molecule has 0 aliphatic rings. The highest BCUT2D eigenvalue weighted by molar-refractivity contribution is 6.35. The first-order chi connectivity index (χ1) is 11.3. The van der Waals surface area contributed by atoms with Gasteiger partial charge in [-0.2, -0.15) is 0 Å². The molecule has 0 aliphatic heterocycles. The van der Waals surface area contributed by atoms with Crippen LogP contribution in [0.4, 0.5) is 11.4 Å². The van der Waals surface area contributed by atoms with Crippen LogP contribution in [0.2, 0.25) is 10.0 Å². The maximum atomic E-state index is 12.1. The van der Waals surface area contributed by atoms with Crippen molar-refractivity contribution in [3.05, 3.63) is 68.2 Å². The third kappa shape index (κ3) is 5.19. The van der Waals surface area contributed by atoms with Gasteiger partial charge in [0.25, 0.3) is 5.69 Å². The topological polar surface area (TPSA) is 75.5 Å². The van der Waals surface area contributed by atoms with Crippen LogP contribution in [0.1, 0.15) is 5.56 Å². The van der Waals surface area contributed by atoms with E-state index >= 15 is 0 Å². The second-order valence-electron chi connectivity index (χ2n) is 5.26. The number of likely N-dealkylation sites (N-methyl/N-ethyl adjacent to an activating group) is 1. The van der Waals surface area contributed by atoms with E-state index in [-0.39, 0.29) is 18.1 Å². The Morgan fingerprint density at radius 3 is 2.67 bits per heavy atom. The van der Waals surface area contributed by atoms with Gasteiger partial charge in [0.2, 0.25) is 5.91 Å². The summed E-state index contributed by atoms with van der Waals surface area (Å²) >= 11 is 12.0. The van der Waals surface area contributed by atoms with Crippen molar-refractivity contribution in [2.75, 3.05) is 18.9 Å². The number of rotatable bonds is 6. The van der Waals surface area contributed by atoms with E-state index in [0.29, 0.717) is 22.3 Å². The Balaban J connectivity index is 1.94. The average molecular weight is 368 g/mol. The van der Waals surface area contributed by atoms with Crippen LogP contribution in [0.5, 0.6) is 0 Å². The van der Waals surface area contributed by atoms with Gasteiger partial charge >= 0.3 is 0 Å². The lowest BCUT2D eigenvalue weighted by Crippen LogP contribution is -2.29. The van der Waals surface area contributed by atoms with Gasteiger partial charge in [-0.1, -0.05) is 35.3 Å². The number of anilines is 1. The fourth-order valence-corrected chi connectivity index (χ4v) is 2.61. The normalized spacial score (nSPS) is 10.7. The smallest absolute Gasteiger partial charge is 0.271 e. The van der Waals surface area contributed by atoms with Crippen molar-refractivity contribution in [1.82, 2.24) is 4.90 Å². The van der Waals surface area contributed by atoms with Crippen LogP contribution in [-0.4, -0.2) is 29.3 Å². The molecule has 0 aliphatic carbocycles. The third-order valence-electron chi connectivity index (χ3n) is 3.21. The molecule has 2 rings (SSSR count). The molecule has 0 spiro atoms. The predicted molar refractivity (Wildman–Crippen MR) is 94.5 cm³/mol. The zero-order chi connectivity index (χ0) is 17.7. The van der Waals surface area contributed by atoms with Gasteiger partial charge in [-0.25, -0.2) is 0 Å². The van der Waals surface area contributed by atoms with Gasteiger partial charge in [-0.15, -0.1) is 0 Å². The number of nitro groups is 1. The molecular weight excluding hydrogens is 353 g/mol. The van der Waals surface area contributed by atoms with Crippen molar-refractivity contribution in [3.8, 4) is 0 Å². The fraction of sp³-hybridized carbons (Fsp3) is 0.188. The van der Waals surface area contributed by atoms with Crippen molar-refractivity contribution in [1.29, 1.82) is 0 Å². The molecule has 0 saturated carbocycles. The van der Waals surface area contributed by atoms with Gasteiger partial charge < -0.3 is 5.32 Å². The highest BCUT2D eigenvalue weighted by Crippen LogP contribution is 2.22. The average Bonchev–Trinajstić information content (AvgIpc) is 2.50. The number of amides is 1. The Bertz CT molecular complexity index is 768. The number of halogens is 2. The molecule has 6 nitrogen and oxygen atoms in total. The van der Waals surface area contributed by atoms with Crippen LogP contribution in [0, 0.1) is 10.1 Å². The summed E-state index contributed by atoms with van der Waals surface area (Å²) in [6.45, 7) is 0.583. The van der Waals surface area contributed by atoms with E-state index in [4.69, 9.17) is 23.2 Å². The van der Waals surface area contributed by atoms with E-state index in [1.807, 2.05) is 0 Å². The summed E-state index contributed by atoms with van der Waals surface area (Å²) in [5, 5.41) is 14.5. The molecule has 0 aromatic heterocycles. The van der Waals surface area contributed by atoms with E-state index in [9.17, 15) is 14.9 Å². The lowest BCUT2D eigenvalue weighted by molar-refractivity contribution is -0.384. The summed E-state index contributed by atoms with van der Waals surface area (Å²) in [5.41, 5.74) is 1.16. The number of nitro benzene ring substituents is 1. The molecule has 126 valence electrons. The van der Waals surface area contributed by atoms with E-state index in [2.05, 4.69) is 5.32 Å². The minimum atomic E-state index is -0.510. The lowest BCUT2D eigenvalue weighted by Gasteiger charge is -2.17. The van der Waals surface area contributed by atoms with E-state index in [0.717, 1.165) is 5.56 Å². The van der Waals surface area contributed by atoms with E-state index in [1.165, 1.54) is 18.2 Å².